The van der Waals surface area contributed by atoms with Gasteiger partial charge in [0, 0.05) is 19.1 Å². The van der Waals surface area contributed by atoms with Crippen LogP contribution in [0.4, 0.5) is 0 Å². The maximum atomic E-state index is 12.6. The van der Waals surface area contributed by atoms with E-state index >= 15 is 0 Å². The Morgan fingerprint density at radius 1 is 1.30 bits per heavy atom. The van der Waals surface area contributed by atoms with Crippen molar-refractivity contribution in [1.29, 1.82) is 0 Å². The first kappa shape index (κ1) is 13.2. The summed E-state index contributed by atoms with van der Waals surface area (Å²) in [5.74, 6) is 1.33. The second kappa shape index (κ2) is 5.71. The lowest BCUT2D eigenvalue weighted by atomic mass is 10.0. The summed E-state index contributed by atoms with van der Waals surface area (Å²) in [6, 6.07) is 7.57. The molecule has 1 saturated heterocycles. The van der Waals surface area contributed by atoms with E-state index in [1.54, 1.807) is 0 Å². The largest absolute Gasteiger partial charge is 0.485 e. The molecule has 0 spiro atoms. The Labute approximate surface area is 118 Å². The molecule has 5 heteroatoms. The Balaban J connectivity index is 1.72. The standard InChI is InChI=1S/C15H20N2O3/c16-9-11-5-3-4-8-17(11)15(18)14-10-19-12-6-1-2-7-13(12)20-14/h1-2,6-7,11,14H,3-5,8-10,16H2/t11-,14+/m1/s1. The third-order valence-corrected chi connectivity index (χ3v) is 3.97. The van der Waals surface area contributed by atoms with Crippen molar-refractivity contribution < 1.29 is 14.3 Å². The molecule has 3 rings (SSSR count). The number of likely N-dealkylation sites (tertiary alicyclic amines) is 1. The van der Waals surface area contributed by atoms with Crippen LogP contribution in [0.3, 0.4) is 0 Å². The predicted octanol–water partition coefficient (Wildman–Crippen LogP) is 1.17. The number of fused-ring (bicyclic) bond motifs is 1. The zero-order valence-corrected chi connectivity index (χ0v) is 11.5. The third-order valence-electron chi connectivity index (χ3n) is 3.97. The van der Waals surface area contributed by atoms with Crippen molar-refractivity contribution in [2.45, 2.75) is 31.4 Å². The molecular weight excluding hydrogens is 256 g/mol. The average Bonchev–Trinajstić information content (AvgIpc) is 2.53. The van der Waals surface area contributed by atoms with Gasteiger partial charge in [-0.3, -0.25) is 4.79 Å². The van der Waals surface area contributed by atoms with Crippen LogP contribution in [0, 0.1) is 0 Å². The molecule has 2 N–H and O–H groups in total. The molecule has 108 valence electrons. The Morgan fingerprint density at radius 2 is 2.10 bits per heavy atom. The second-order valence-corrected chi connectivity index (χ2v) is 5.28. The summed E-state index contributed by atoms with van der Waals surface area (Å²) < 4.78 is 11.4. The summed E-state index contributed by atoms with van der Waals surface area (Å²) in [5.41, 5.74) is 5.77. The first-order valence-electron chi connectivity index (χ1n) is 7.18. The number of rotatable bonds is 2. The van der Waals surface area contributed by atoms with Crippen molar-refractivity contribution in [1.82, 2.24) is 4.90 Å². The van der Waals surface area contributed by atoms with Crippen molar-refractivity contribution in [2.24, 2.45) is 5.73 Å². The number of hydrogen-bond donors (Lipinski definition) is 1. The lowest BCUT2D eigenvalue weighted by molar-refractivity contribution is -0.144. The summed E-state index contributed by atoms with van der Waals surface area (Å²) in [5, 5.41) is 0. The van der Waals surface area contributed by atoms with E-state index < -0.39 is 6.10 Å². The second-order valence-electron chi connectivity index (χ2n) is 5.28. The van der Waals surface area contributed by atoms with Gasteiger partial charge in [-0.15, -0.1) is 0 Å². The van der Waals surface area contributed by atoms with E-state index in [0.717, 1.165) is 25.8 Å². The fraction of sp³-hybridized carbons (Fsp3) is 0.533. The fourth-order valence-electron chi connectivity index (χ4n) is 2.86. The highest BCUT2D eigenvalue weighted by atomic mass is 16.6. The van der Waals surface area contributed by atoms with Gasteiger partial charge in [0.1, 0.15) is 6.61 Å². The van der Waals surface area contributed by atoms with Gasteiger partial charge in [-0.25, -0.2) is 0 Å². The first-order chi connectivity index (χ1) is 9.79. The van der Waals surface area contributed by atoms with Crippen LogP contribution in [0.2, 0.25) is 0 Å². The van der Waals surface area contributed by atoms with Crippen LogP contribution in [0.25, 0.3) is 0 Å². The normalized spacial score (nSPS) is 25.4. The van der Waals surface area contributed by atoms with Gasteiger partial charge in [0.15, 0.2) is 11.5 Å². The van der Waals surface area contributed by atoms with Crippen molar-refractivity contribution in [3.63, 3.8) is 0 Å². The fourth-order valence-corrected chi connectivity index (χ4v) is 2.86. The number of piperidine rings is 1. The van der Waals surface area contributed by atoms with Crippen molar-refractivity contribution in [3.05, 3.63) is 24.3 Å². The zero-order chi connectivity index (χ0) is 13.9. The number of carbonyl (C=O) groups is 1. The number of para-hydroxylation sites is 2. The minimum absolute atomic E-state index is 0.00495. The molecule has 0 saturated carbocycles. The van der Waals surface area contributed by atoms with Crippen LogP contribution in [0.5, 0.6) is 11.5 Å². The molecule has 2 heterocycles. The van der Waals surface area contributed by atoms with Crippen LogP contribution in [0.1, 0.15) is 19.3 Å². The number of ether oxygens (including phenoxy) is 2. The molecule has 2 aliphatic rings. The molecule has 5 nitrogen and oxygen atoms in total. The zero-order valence-electron chi connectivity index (χ0n) is 11.5. The topological polar surface area (TPSA) is 64.8 Å². The highest BCUT2D eigenvalue weighted by Gasteiger charge is 2.34. The Hall–Kier alpha value is -1.75. The quantitative estimate of drug-likeness (QED) is 0.880. The van der Waals surface area contributed by atoms with Gasteiger partial charge < -0.3 is 20.1 Å². The highest BCUT2D eigenvalue weighted by molar-refractivity contribution is 5.82. The van der Waals surface area contributed by atoms with Gasteiger partial charge >= 0.3 is 0 Å². The number of hydrogen-bond acceptors (Lipinski definition) is 4. The Morgan fingerprint density at radius 3 is 2.90 bits per heavy atom. The van der Waals surface area contributed by atoms with Gasteiger partial charge in [-0.05, 0) is 31.4 Å². The van der Waals surface area contributed by atoms with E-state index in [9.17, 15) is 4.79 Å². The molecule has 1 amide bonds. The molecular formula is C15H20N2O3. The predicted molar refractivity (Wildman–Crippen MR) is 74.8 cm³/mol. The van der Waals surface area contributed by atoms with E-state index in [-0.39, 0.29) is 18.6 Å². The van der Waals surface area contributed by atoms with E-state index in [0.29, 0.717) is 18.0 Å². The third kappa shape index (κ3) is 2.45. The van der Waals surface area contributed by atoms with Crippen LogP contribution in [-0.4, -0.2) is 42.6 Å². The summed E-state index contributed by atoms with van der Waals surface area (Å²) in [6.07, 6.45) is 2.59. The number of nitrogens with two attached hydrogens (primary N) is 1. The number of nitrogens with zero attached hydrogens (tertiary/aromatic N) is 1. The highest BCUT2D eigenvalue weighted by Crippen LogP contribution is 2.31. The number of carbonyl (C=O) groups excluding carboxylic acids is 1. The van der Waals surface area contributed by atoms with Gasteiger partial charge in [-0.1, -0.05) is 12.1 Å². The van der Waals surface area contributed by atoms with Gasteiger partial charge in [0.2, 0.25) is 6.10 Å². The maximum Gasteiger partial charge on any atom is 0.267 e. The molecule has 2 atom stereocenters. The van der Waals surface area contributed by atoms with Crippen molar-refractivity contribution in [3.8, 4) is 11.5 Å². The summed E-state index contributed by atoms with van der Waals surface area (Å²) >= 11 is 0. The minimum Gasteiger partial charge on any atom is -0.485 e. The summed E-state index contributed by atoms with van der Waals surface area (Å²) in [6.45, 7) is 1.54. The van der Waals surface area contributed by atoms with Crippen LogP contribution >= 0.6 is 0 Å². The van der Waals surface area contributed by atoms with E-state index in [2.05, 4.69) is 0 Å². The molecule has 20 heavy (non-hydrogen) atoms. The minimum atomic E-state index is -0.558. The summed E-state index contributed by atoms with van der Waals surface area (Å²) in [7, 11) is 0. The van der Waals surface area contributed by atoms with Gasteiger partial charge in [-0.2, -0.15) is 0 Å². The molecule has 0 bridgehead atoms. The average molecular weight is 276 g/mol. The van der Waals surface area contributed by atoms with Crippen molar-refractivity contribution in [2.75, 3.05) is 19.7 Å². The lowest BCUT2D eigenvalue weighted by Gasteiger charge is -2.38. The van der Waals surface area contributed by atoms with Crippen LogP contribution < -0.4 is 15.2 Å². The van der Waals surface area contributed by atoms with Gasteiger partial charge in [0.25, 0.3) is 5.91 Å². The Bertz CT molecular complexity index is 492. The van der Waals surface area contributed by atoms with E-state index in [1.807, 2.05) is 29.2 Å². The molecule has 1 fully saturated rings. The molecule has 0 unspecified atom stereocenters. The Kier molecular flexibility index (Phi) is 3.78. The van der Waals surface area contributed by atoms with Crippen molar-refractivity contribution >= 4 is 5.91 Å². The van der Waals surface area contributed by atoms with Gasteiger partial charge in [0.05, 0.1) is 0 Å². The molecule has 0 aromatic heterocycles. The SMILES string of the molecule is NC[C@H]1CCCCN1C(=O)[C@@H]1COc2ccccc2O1. The van der Waals surface area contributed by atoms with Crippen LogP contribution in [0.15, 0.2) is 24.3 Å². The molecule has 0 aliphatic carbocycles. The van der Waals surface area contributed by atoms with E-state index in [4.69, 9.17) is 15.2 Å². The molecule has 1 aromatic rings. The molecule has 1 aromatic carbocycles. The lowest BCUT2D eigenvalue weighted by Crippen LogP contribution is -2.54. The van der Waals surface area contributed by atoms with Crippen LogP contribution in [-0.2, 0) is 4.79 Å². The molecule has 0 radical (unpaired) electrons. The molecule has 2 aliphatic heterocycles. The summed E-state index contributed by atoms with van der Waals surface area (Å²) in [4.78, 5) is 14.5. The number of benzene rings is 1. The number of amides is 1. The maximum absolute atomic E-state index is 12.6. The van der Waals surface area contributed by atoms with E-state index in [1.165, 1.54) is 0 Å². The monoisotopic (exact) mass is 276 g/mol. The first-order valence-corrected chi connectivity index (χ1v) is 7.18. The smallest absolute Gasteiger partial charge is 0.267 e.